The van der Waals surface area contributed by atoms with E-state index in [4.69, 9.17) is 23.2 Å². The number of amides is 2. The summed E-state index contributed by atoms with van der Waals surface area (Å²) in [7, 11) is 0. The van der Waals surface area contributed by atoms with E-state index in [1.54, 1.807) is 17.0 Å². The highest BCUT2D eigenvalue weighted by Crippen LogP contribution is 2.26. The van der Waals surface area contributed by atoms with Gasteiger partial charge in [-0.3, -0.25) is 14.0 Å². The van der Waals surface area contributed by atoms with E-state index in [0.717, 1.165) is 6.42 Å². The van der Waals surface area contributed by atoms with Crippen molar-refractivity contribution in [3.05, 3.63) is 64.0 Å². The third-order valence-corrected chi connectivity index (χ3v) is 5.53. The molecule has 1 atom stereocenters. The minimum atomic E-state index is -0.527. The van der Waals surface area contributed by atoms with Gasteiger partial charge in [0.1, 0.15) is 6.04 Å². The molecule has 7 nitrogen and oxygen atoms in total. The third kappa shape index (κ3) is 3.55. The Hall–Kier alpha value is -2.64. The Morgan fingerprint density at radius 3 is 2.82 bits per heavy atom. The molecular weight excluding hydrogens is 401 g/mol. The number of halogens is 2. The molecular formula is C19H17Cl2N5O2. The van der Waals surface area contributed by atoms with Gasteiger partial charge in [0, 0.05) is 18.3 Å². The highest BCUT2D eigenvalue weighted by molar-refractivity contribution is 6.42. The number of carbonyl (C=O) groups is 2. The zero-order chi connectivity index (χ0) is 19.7. The molecule has 0 spiro atoms. The zero-order valence-corrected chi connectivity index (χ0v) is 16.3. The van der Waals surface area contributed by atoms with Crippen LogP contribution in [0, 0.1) is 0 Å². The highest BCUT2D eigenvalue weighted by Gasteiger charge is 2.34. The zero-order valence-electron chi connectivity index (χ0n) is 14.8. The Labute approximate surface area is 171 Å². The molecule has 4 rings (SSSR count). The molecule has 0 unspecified atom stereocenters. The van der Waals surface area contributed by atoms with Crippen LogP contribution in [-0.4, -0.2) is 43.9 Å². The van der Waals surface area contributed by atoms with Gasteiger partial charge in [-0.25, -0.2) is 0 Å². The van der Waals surface area contributed by atoms with Crippen molar-refractivity contribution in [3.8, 4) is 0 Å². The van der Waals surface area contributed by atoms with E-state index < -0.39 is 6.04 Å². The van der Waals surface area contributed by atoms with E-state index in [0.29, 0.717) is 40.0 Å². The van der Waals surface area contributed by atoms with Gasteiger partial charge in [-0.05, 0) is 43.2 Å². The molecule has 1 aromatic carbocycles. The average Bonchev–Trinajstić information content (AvgIpc) is 3.35. The number of hydrogen-bond acceptors (Lipinski definition) is 4. The maximum atomic E-state index is 12.9. The van der Waals surface area contributed by atoms with Gasteiger partial charge in [0.05, 0.1) is 16.6 Å². The van der Waals surface area contributed by atoms with Crippen LogP contribution in [0.2, 0.25) is 10.0 Å². The maximum absolute atomic E-state index is 12.9. The van der Waals surface area contributed by atoms with Crippen molar-refractivity contribution in [2.75, 3.05) is 6.54 Å². The van der Waals surface area contributed by atoms with E-state index in [-0.39, 0.29) is 18.4 Å². The summed E-state index contributed by atoms with van der Waals surface area (Å²) < 4.78 is 1.81. The Bertz CT molecular complexity index is 1050. The molecule has 1 aliphatic rings. The number of rotatable bonds is 4. The minimum Gasteiger partial charge on any atom is -0.347 e. The molecule has 28 heavy (non-hydrogen) atoms. The number of nitrogens with one attached hydrogen (secondary N) is 1. The molecule has 2 amide bonds. The summed E-state index contributed by atoms with van der Waals surface area (Å²) in [4.78, 5) is 27.2. The van der Waals surface area contributed by atoms with E-state index in [1.807, 2.05) is 28.8 Å². The van der Waals surface area contributed by atoms with Gasteiger partial charge in [0.25, 0.3) is 5.91 Å². The first-order valence-electron chi connectivity index (χ1n) is 8.87. The lowest BCUT2D eigenvalue weighted by Crippen LogP contribution is -2.45. The van der Waals surface area contributed by atoms with E-state index in [2.05, 4.69) is 15.5 Å². The predicted octanol–water partition coefficient (Wildman–Crippen LogP) is 2.96. The van der Waals surface area contributed by atoms with Crippen molar-refractivity contribution in [1.29, 1.82) is 0 Å². The first-order chi connectivity index (χ1) is 13.5. The summed E-state index contributed by atoms with van der Waals surface area (Å²) >= 11 is 11.9. The van der Waals surface area contributed by atoms with Gasteiger partial charge < -0.3 is 10.2 Å². The summed E-state index contributed by atoms with van der Waals surface area (Å²) in [5, 5.41) is 11.7. The van der Waals surface area contributed by atoms with Crippen LogP contribution in [0.15, 0.2) is 42.6 Å². The molecule has 1 saturated heterocycles. The minimum absolute atomic E-state index is 0.210. The Morgan fingerprint density at radius 2 is 2.00 bits per heavy atom. The van der Waals surface area contributed by atoms with Gasteiger partial charge in [0.2, 0.25) is 5.91 Å². The van der Waals surface area contributed by atoms with Crippen LogP contribution >= 0.6 is 23.2 Å². The molecule has 1 N–H and O–H groups in total. The first-order valence-corrected chi connectivity index (χ1v) is 9.62. The molecule has 2 aromatic heterocycles. The van der Waals surface area contributed by atoms with E-state index in [1.165, 1.54) is 6.07 Å². The predicted molar refractivity (Wildman–Crippen MR) is 105 cm³/mol. The smallest absolute Gasteiger partial charge is 0.254 e. The van der Waals surface area contributed by atoms with Crippen LogP contribution in [-0.2, 0) is 11.3 Å². The molecule has 9 heteroatoms. The lowest BCUT2D eigenvalue weighted by molar-refractivity contribution is -0.125. The number of hydrogen-bond donors (Lipinski definition) is 1. The van der Waals surface area contributed by atoms with E-state index >= 15 is 0 Å². The lowest BCUT2D eigenvalue weighted by Gasteiger charge is -2.24. The summed E-state index contributed by atoms with van der Waals surface area (Å²) in [6, 6.07) is 9.79. The number of aromatic nitrogens is 3. The molecule has 144 valence electrons. The van der Waals surface area contributed by atoms with Crippen molar-refractivity contribution in [2.24, 2.45) is 0 Å². The number of nitrogens with zero attached hydrogens (tertiary/aromatic N) is 4. The fourth-order valence-electron chi connectivity index (χ4n) is 3.37. The summed E-state index contributed by atoms with van der Waals surface area (Å²) in [5.74, 6) is 0.187. The SMILES string of the molecule is O=C(NCc1nnc2ccccn12)[C@H]1CCCN1C(=O)c1ccc(Cl)c(Cl)c1. The van der Waals surface area contributed by atoms with Crippen LogP contribution < -0.4 is 5.32 Å². The molecule has 0 saturated carbocycles. The molecule has 1 fully saturated rings. The number of carbonyl (C=O) groups excluding carboxylic acids is 2. The van der Waals surface area contributed by atoms with Crippen LogP contribution in [0.5, 0.6) is 0 Å². The normalized spacial score (nSPS) is 16.5. The number of benzene rings is 1. The van der Waals surface area contributed by atoms with Crippen molar-refractivity contribution < 1.29 is 9.59 Å². The lowest BCUT2D eigenvalue weighted by atomic mass is 10.1. The van der Waals surface area contributed by atoms with Crippen molar-refractivity contribution in [3.63, 3.8) is 0 Å². The second kappa shape index (κ2) is 7.77. The topological polar surface area (TPSA) is 79.6 Å². The van der Waals surface area contributed by atoms with Crippen molar-refractivity contribution in [2.45, 2.75) is 25.4 Å². The standard InChI is InChI=1S/C19H17Cl2N5O2/c20-13-7-6-12(10-14(13)21)19(28)25-9-3-4-15(25)18(27)22-11-17-24-23-16-5-1-2-8-26(16)17/h1-2,5-8,10,15H,3-4,9,11H2,(H,22,27)/t15-/m1/s1. The number of pyridine rings is 1. The van der Waals surface area contributed by atoms with Crippen LogP contribution in [0.4, 0.5) is 0 Å². The van der Waals surface area contributed by atoms with Gasteiger partial charge in [-0.2, -0.15) is 0 Å². The number of fused-ring (bicyclic) bond motifs is 1. The fraction of sp³-hybridized carbons (Fsp3) is 0.263. The van der Waals surface area contributed by atoms with Crippen molar-refractivity contribution in [1.82, 2.24) is 24.8 Å². The average molecular weight is 418 g/mol. The van der Waals surface area contributed by atoms with E-state index in [9.17, 15) is 9.59 Å². The fourth-order valence-corrected chi connectivity index (χ4v) is 3.67. The Kier molecular flexibility index (Phi) is 5.19. The van der Waals surface area contributed by atoms with Crippen molar-refractivity contribution >= 4 is 40.7 Å². The largest absolute Gasteiger partial charge is 0.347 e. The van der Waals surface area contributed by atoms with Crippen LogP contribution in [0.3, 0.4) is 0 Å². The second-order valence-corrected chi connectivity index (χ2v) is 7.36. The molecule has 0 radical (unpaired) electrons. The maximum Gasteiger partial charge on any atom is 0.254 e. The van der Waals surface area contributed by atoms with Crippen LogP contribution in [0.25, 0.3) is 5.65 Å². The molecule has 0 aliphatic carbocycles. The first kappa shape index (κ1) is 18.7. The summed E-state index contributed by atoms with van der Waals surface area (Å²) in [6.07, 6.45) is 3.21. The number of likely N-dealkylation sites (tertiary alicyclic amines) is 1. The van der Waals surface area contributed by atoms with Gasteiger partial charge in [-0.1, -0.05) is 29.3 Å². The summed E-state index contributed by atoms with van der Waals surface area (Å²) in [6.45, 7) is 0.750. The molecule has 3 aromatic rings. The molecule has 1 aliphatic heterocycles. The second-order valence-electron chi connectivity index (χ2n) is 6.55. The molecule has 0 bridgehead atoms. The monoisotopic (exact) mass is 417 g/mol. The Balaban J connectivity index is 1.46. The van der Waals surface area contributed by atoms with Gasteiger partial charge in [0.15, 0.2) is 11.5 Å². The molecule has 3 heterocycles. The quantitative estimate of drug-likeness (QED) is 0.707. The Morgan fingerprint density at radius 1 is 1.14 bits per heavy atom. The van der Waals surface area contributed by atoms with Gasteiger partial charge in [-0.15, -0.1) is 10.2 Å². The highest BCUT2D eigenvalue weighted by atomic mass is 35.5. The summed E-state index contributed by atoms with van der Waals surface area (Å²) in [5.41, 5.74) is 1.13. The van der Waals surface area contributed by atoms with Gasteiger partial charge >= 0.3 is 0 Å². The van der Waals surface area contributed by atoms with Crippen LogP contribution in [0.1, 0.15) is 29.0 Å². The third-order valence-electron chi connectivity index (χ3n) is 4.79.